The lowest BCUT2D eigenvalue weighted by Crippen LogP contribution is -2.59. The number of nitrogens with zero attached hydrogens (tertiary/aromatic N) is 1. The van der Waals surface area contributed by atoms with Gasteiger partial charge in [0.25, 0.3) is 0 Å². The highest BCUT2D eigenvalue weighted by atomic mass is 16.5. The first kappa shape index (κ1) is 15.5. The molecule has 1 heterocycles. The third-order valence-electron chi connectivity index (χ3n) is 3.65. The number of benzene rings is 1. The van der Waals surface area contributed by atoms with Crippen molar-refractivity contribution in [2.75, 3.05) is 20.3 Å². The summed E-state index contributed by atoms with van der Waals surface area (Å²) in [5, 5.41) is 2.75. The maximum Gasteiger partial charge on any atom is 0.248 e. The van der Waals surface area contributed by atoms with Crippen LogP contribution in [-0.2, 0) is 14.3 Å². The highest BCUT2D eigenvalue weighted by Gasteiger charge is 2.39. The van der Waals surface area contributed by atoms with E-state index in [0.717, 1.165) is 5.56 Å². The van der Waals surface area contributed by atoms with Crippen LogP contribution in [0.15, 0.2) is 30.3 Å². The monoisotopic (exact) mass is 290 g/mol. The average Bonchev–Trinajstić information content (AvgIpc) is 2.46. The van der Waals surface area contributed by atoms with Crippen molar-refractivity contribution in [2.45, 2.75) is 25.9 Å². The summed E-state index contributed by atoms with van der Waals surface area (Å²) in [6, 6.07) is 8.36. The topological polar surface area (TPSA) is 58.6 Å². The number of rotatable bonds is 5. The Hall–Kier alpha value is -1.88. The molecular formula is C16H22N2O3. The van der Waals surface area contributed by atoms with Crippen LogP contribution in [0.4, 0.5) is 0 Å². The number of amides is 2. The van der Waals surface area contributed by atoms with Gasteiger partial charge >= 0.3 is 0 Å². The van der Waals surface area contributed by atoms with Crippen molar-refractivity contribution in [3.8, 4) is 0 Å². The van der Waals surface area contributed by atoms with Crippen LogP contribution in [0.5, 0.6) is 0 Å². The number of carbonyl (C=O) groups excluding carboxylic acids is 2. The molecule has 0 radical (unpaired) electrons. The van der Waals surface area contributed by atoms with Crippen LogP contribution in [0.3, 0.4) is 0 Å². The highest BCUT2D eigenvalue weighted by Crippen LogP contribution is 2.26. The zero-order valence-electron chi connectivity index (χ0n) is 12.7. The Bertz CT molecular complexity index is 504. The largest absolute Gasteiger partial charge is 0.384 e. The molecule has 0 bridgehead atoms. The van der Waals surface area contributed by atoms with E-state index in [4.69, 9.17) is 4.74 Å². The standard InChI is InChI=1S/C16H22N2O3/c1-11(10-21-3)9-18-14(13-7-5-4-6-8-13)15(19)17-12(2)16(18)20/h4-8,11-12,14H,9-10H2,1-3H3,(H,17,19). The van der Waals surface area contributed by atoms with Crippen LogP contribution in [0.2, 0.25) is 0 Å². The molecule has 2 amide bonds. The van der Waals surface area contributed by atoms with Gasteiger partial charge in [0.2, 0.25) is 11.8 Å². The van der Waals surface area contributed by atoms with Gasteiger partial charge in [-0.3, -0.25) is 9.59 Å². The first-order valence-corrected chi connectivity index (χ1v) is 7.19. The predicted molar refractivity (Wildman–Crippen MR) is 79.5 cm³/mol. The fraction of sp³-hybridized carbons (Fsp3) is 0.500. The second-order valence-electron chi connectivity index (χ2n) is 5.59. The summed E-state index contributed by atoms with van der Waals surface area (Å²) in [6.07, 6.45) is 0. The van der Waals surface area contributed by atoms with Crippen molar-refractivity contribution in [2.24, 2.45) is 5.92 Å². The van der Waals surface area contributed by atoms with Crippen LogP contribution < -0.4 is 5.32 Å². The van der Waals surface area contributed by atoms with Crippen LogP contribution in [0.1, 0.15) is 25.5 Å². The molecule has 114 valence electrons. The highest BCUT2D eigenvalue weighted by molar-refractivity contribution is 5.97. The summed E-state index contributed by atoms with van der Waals surface area (Å²) >= 11 is 0. The number of hydrogen-bond donors (Lipinski definition) is 1. The lowest BCUT2D eigenvalue weighted by molar-refractivity contribution is -0.150. The van der Waals surface area contributed by atoms with E-state index in [9.17, 15) is 9.59 Å². The number of nitrogens with one attached hydrogen (secondary N) is 1. The molecule has 3 atom stereocenters. The molecule has 0 spiro atoms. The molecular weight excluding hydrogens is 268 g/mol. The normalized spacial score (nSPS) is 23.9. The van der Waals surface area contributed by atoms with E-state index in [0.29, 0.717) is 13.2 Å². The maximum absolute atomic E-state index is 12.5. The van der Waals surface area contributed by atoms with Gasteiger partial charge in [0.1, 0.15) is 12.1 Å². The van der Waals surface area contributed by atoms with Crippen LogP contribution in [0.25, 0.3) is 0 Å². The molecule has 1 aromatic rings. The molecule has 0 aliphatic carbocycles. The molecule has 2 rings (SSSR count). The average molecular weight is 290 g/mol. The van der Waals surface area contributed by atoms with Gasteiger partial charge in [0, 0.05) is 13.7 Å². The van der Waals surface area contributed by atoms with E-state index in [1.54, 1.807) is 18.9 Å². The molecule has 1 N–H and O–H groups in total. The second kappa shape index (κ2) is 6.72. The third-order valence-corrected chi connectivity index (χ3v) is 3.65. The molecule has 1 fully saturated rings. The lowest BCUT2D eigenvalue weighted by Gasteiger charge is -2.39. The molecule has 0 aromatic heterocycles. The zero-order valence-corrected chi connectivity index (χ0v) is 12.7. The summed E-state index contributed by atoms with van der Waals surface area (Å²) in [5.41, 5.74) is 0.833. The van der Waals surface area contributed by atoms with E-state index in [2.05, 4.69) is 5.32 Å². The van der Waals surface area contributed by atoms with E-state index in [1.807, 2.05) is 37.3 Å². The Morgan fingerprint density at radius 3 is 2.57 bits per heavy atom. The van der Waals surface area contributed by atoms with Crippen molar-refractivity contribution < 1.29 is 14.3 Å². The molecule has 5 heteroatoms. The minimum atomic E-state index is -0.561. The first-order chi connectivity index (χ1) is 10.0. The van der Waals surface area contributed by atoms with E-state index in [1.165, 1.54) is 0 Å². The van der Waals surface area contributed by atoms with Gasteiger partial charge in [0.15, 0.2) is 0 Å². The molecule has 21 heavy (non-hydrogen) atoms. The smallest absolute Gasteiger partial charge is 0.248 e. The number of ether oxygens (including phenoxy) is 1. The van der Waals surface area contributed by atoms with Gasteiger partial charge in [-0.1, -0.05) is 37.3 Å². The molecule has 1 aliphatic rings. The summed E-state index contributed by atoms with van der Waals surface area (Å²) in [7, 11) is 1.64. The van der Waals surface area contributed by atoms with Crippen LogP contribution >= 0.6 is 0 Å². The predicted octanol–water partition coefficient (Wildman–Crippen LogP) is 1.36. The van der Waals surface area contributed by atoms with E-state index in [-0.39, 0.29) is 17.7 Å². The maximum atomic E-state index is 12.5. The summed E-state index contributed by atoms with van der Waals surface area (Å²) < 4.78 is 5.14. The van der Waals surface area contributed by atoms with Crippen molar-refractivity contribution in [1.29, 1.82) is 0 Å². The Labute approximate surface area is 125 Å². The zero-order chi connectivity index (χ0) is 15.4. The van der Waals surface area contributed by atoms with Crippen molar-refractivity contribution in [3.63, 3.8) is 0 Å². The minimum Gasteiger partial charge on any atom is -0.384 e. The number of piperazine rings is 1. The molecule has 1 aromatic carbocycles. The van der Waals surface area contributed by atoms with Gasteiger partial charge in [-0.05, 0) is 18.4 Å². The van der Waals surface area contributed by atoms with Crippen LogP contribution in [-0.4, -0.2) is 43.0 Å². The van der Waals surface area contributed by atoms with Crippen LogP contribution in [0, 0.1) is 5.92 Å². The number of carbonyl (C=O) groups is 2. The Kier molecular flexibility index (Phi) is 4.96. The minimum absolute atomic E-state index is 0.0496. The SMILES string of the molecule is COCC(C)CN1C(=O)C(C)NC(=O)C1c1ccccc1. The van der Waals surface area contributed by atoms with Crippen molar-refractivity contribution in [3.05, 3.63) is 35.9 Å². The molecule has 1 saturated heterocycles. The van der Waals surface area contributed by atoms with Crippen molar-refractivity contribution in [1.82, 2.24) is 10.2 Å². The molecule has 3 unspecified atom stereocenters. The van der Waals surface area contributed by atoms with E-state index < -0.39 is 12.1 Å². The summed E-state index contributed by atoms with van der Waals surface area (Å²) in [4.78, 5) is 26.5. The Balaban J connectivity index is 2.28. The van der Waals surface area contributed by atoms with Gasteiger partial charge in [-0.2, -0.15) is 0 Å². The summed E-state index contributed by atoms with van der Waals surface area (Å²) in [6.45, 7) is 4.79. The number of methoxy groups -OCH3 is 1. The second-order valence-corrected chi connectivity index (χ2v) is 5.59. The number of hydrogen-bond acceptors (Lipinski definition) is 3. The molecule has 0 saturated carbocycles. The van der Waals surface area contributed by atoms with Gasteiger partial charge in [-0.15, -0.1) is 0 Å². The van der Waals surface area contributed by atoms with Gasteiger partial charge < -0.3 is 15.0 Å². The first-order valence-electron chi connectivity index (χ1n) is 7.19. The fourth-order valence-corrected chi connectivity index (χ4v) is 2.71. The van der Waals surface area contributed by atoms with E-state index >= 15 is 0 Å². The third kappa shape index (κ3) is 3.42. The molecule has 1 aliphatic heterocycles. The fourth-order valence-electron chi connectivity index (χ4n) is 2.71. The van der Waals surface area contributed by atoms with Gasteiger partial charge in [0.05, 0.1) is 6.61 Å². The van der Waals surface area contributed by atoms with Gasteiger partial charge in [-0.25, -0.2) is 0 Å². The Morgan fingerprint density at radius 2 is 1.95 bits per heavy atom. The quantitative estimate of drug-likeness (QED) is 0.890. The summed E-state index contributed by atoms with van der Waals surface area (Å²) in [5.74, 6) is -0.00687. The molecule has 5 nitrogen and oxygen atoms in total. The Morgan fingerprint density at radius 1 is 1.29 bits per heavy atom. The lowest BCUT2D eigenvalue weighted by atomic mass is 9.98. The van der Waals surface area contributed by atoms with Crippen molar-refractivity contribution >= 4 is 11.8 Å².